The van der Waals surface area contributed by atoms with Crippen molar-refractivity contribution in [1.82, 2.24) is 9.80 Å². The molecular weight excluding hydrogens is 154 g/mol. The molecule has 4 heteroatoms. The Morgan fingerprint density at radius 3 is 2.50 bits per heavy atom. The number of hydrogen-bond donors (Lipinski definition) is 1. The Labute approximate surface area is 74.3 Å². The van der Waals surface area contributed by atoms with E-state index in [2.05, 4.69) is 4.90 Å². The zero-order valence-electron chi connectivity index (χ0n) is 7.99. The van der Waals surface area contributed by atoms with E-state index in [1.165, 1.54) is 0 Å². The van der Waals surface area contributed by atoms with E-state index in [4.69, 9.17) is 10.5 Å². The Morgan fingerprint density at radius 2 is 2.00 bits per heavy atom. The molecule has 1 fully saturated rings. The van der Waals surface area contributed by atoms with Gasteiger partial charge in [-0.3, -0.25) is 9.80 Å². The molecule has 1 aliphatic rings. The van der Waals surface area contributed by atoms with E-state index < -0.39 is 0 Å². The largest absolute Gasteiger partial charge is 0.379 e. The number of morpholine rings is 1. The average Bonchev–Trinajstić information content (AvgIpc) is 2.06. The molecule has 1 atom stereocenters. The molecule has 1 rings (SSSR count). The van der Waals surface area contributed by atoms with Gasteiger partial charge in [-0.15, -0.1) is 0 Å². The van der Waals surface area contributed by atoms with Gasteiger partial charge < -0.3 is 10.5 Å². The SMILES string of the molecule is CN(C)C(N)CN1CCOCC1. The third-order valence-electron chi connectivity index (χ3n) is 2.21. The second-order valence-corrected chi connectivity index (χ2v) is 3.44. The zero-order chi connectivity index (χ0) is 8.97. The summed E-state index contributed by atoms with van der Waals surface area (Å²) >= 11 is 0. The second-order valence-electron chi connectivity index (χ2n) is 3.44. The third-order valence-corrected chi connectivity index (χ3v) is 2.21. The molecule has 1 heterocycles. The quantitative estimate of drug-likeness (QED) is 0.565. The van der Waals surface area contributed by atoms with Gasteiger partial charge in [0.05, 0.1) is 19.4 Å². The first kappa shape index (κ1) is 9.92. The van der Waals surface area contributed by atoms with Gasteiger partial charge in [0.1, 0.15) is 0 Å². The van der Waals surface area contributed by atoms with E-state index in [0.29, 0.717) is 0 Å². The highest BCUT2D eigenvalue weighted by Gasteiger charge is 2.14. The Morgan fingerprint density at radius 1 is 1.42 bits per heavy atom. The molecule has 12 heavy (non-hydrogen) atoms. The zero-order valence-corrected chi connectivity index (χ0v) is 7.99. The Bertz CT molecular complexity index is 123. The molecule has 72 valence electrons. The van der Waals surface area contributed by atoms with Gasteiger partial charge in [-0.1, -0.05) is 0 Å². The monoisotopic (exact) mass is 173 g/mol. The van der Waals surface area contributed by atoms with Gasteiger partial charge in [-0.25, -0.2) is 0 Å². The number of nitrogens with zero attached hydrogens (tertiary/aromatic N) is 2. The van der Waals surface area contributed by atoms with Gasteiger partial charge in [-0.05, 0) is 14.1 Å². The predicted molar refractivity (Wildman–Crippen MR) is 48.9 cm³/mol. The molecule has 0 spiro atoms. The van der Waals surface area contributed by atoms with Crippen LogP contribution < -0.4 is 5.73 Å². The molecule has 4 nitrogen and oxygen atoms in total. The predicted octanol–water partition coefficient (Wildman–Crippen LogP) is -0.835. The van der Waals surface area contributed by atoms with Crippen LogP contribution in [0.1, 0.15) is 0 Å². The molecule has 1 unspecified atom stereocenters. The third kappa shape index (κ3) is 3.06. The molecule has 0 saturated carbocycles. The summed E-state index contributed by atoms with van der Waals surface area (Å²) in [5.41, 5.74) is 5.89. The molecule has 0 radical (unpaired) electrons. The van der Waals surface area contributed by atoms with Crippen LogP contribution in [0, 0.1) is 0 Å². The van der Waals surface area contributed by atoms with Crippen LogP contribution in [0.5, 0.6) is 0 Å². The summed E-state index contributed by atoms with van der Waals surface area (Å²) < 4.78 is 5.25. The van der Waals surface area contributed by atoms with E-state index in [1.807, 2.05) is 19.0 Å². The first-order valence-corrected chi connectivity index (χ1v) is 4.42. The van der Waals surface area contributed by atoms with Gasteiger partial charge >= 0.3 is 0 Å². The van der Waals surface area contributed by atoms with Crippen LogP contribution in [0.4, 0.5) is 0 Å². The Balaban J connectivity index is 2.20. The van der Waals surface area contributed by atoms with Gasteiger partial charge in [0.2, 0.25) is 0 Å². The summed E-state index contributed by atoms with van der Waals surface area (Å²) in [6.07, 6.45) is 0.142. The van der Waals surface area contributed by atoms with Crippen molar-refractivity contribution in [2.24, 2.45) is 5.73 Å². The van der Waals surface area contributed by atoms with Crippen LogP contribution in [0.3, 0.4) is 0 Å². The van der Waals surface area contributed by atoms with Crippen molar-refractivity contribution in [2.45, 2.75) is 6.17 Å². The Hall–Kier alpha value is -0.160. The number of hydrogen-bond acceptors (Lipinski definition) is 4. The minimum atomic E-state index is 0.142. The number of rotatable bonds is 3. The first-order chi connectivity index (χ1) is 5.70. The second kappa shape index (κ2) is 4.77. The number of likely N-dealkylation sites (N-methyl/N-ethyl adjacent to an activating group) is 1. The maximum absolute atomic E-state index is 5.89. The standard InChI is InChI=1S/C8H19N3O/c1-10(2)8(9)7-11-3-5-12-6-4-11/h8H,3-7,9H2,1-2H3. The average molecular weight is 173 g/mol. The van der Waals surface area contributed by atoms with Crippen LogP contribution in [0.2, 0.25) is 0 Å². The van der Waals surface area contributed by atoms with E-state index in [1.54, 1.807) is 0 Å². The summed E-state index contributed by atoms with van der Waals surface area (Å²) in [6, 6.07) is 0. The highest BCUT2D eigenvalue weighted by molar-refractivity contribution is 4.68. The topological polar surface area (TPSA) is 41.7 Å². The lowest BCUT2D eigenvalue weighted by atomic mass is 10.3. The summed E-state index contributed by atoms with van der Waals surface area (Å²) in [5.74, 6) is 0. The molecule has 0 aromatic carbocycles. The molecule has 0 aromatic rings. The maximum atomic E-state index is 5.89. The first-order valence-electron chi connectivity index (χ1n) is 4.42. The number of nitrogens with two attached hydrogens (primary N) is 1. The highest BCUT2D eigenvalue weighted by Crippen LogP contribution is 1.98. The number of ether oxygens (including phenoxy) is 1. The van der Waals surface area contributed by atoms with E-state index in [9.17, 15) is 0 Å². The van der Waals surface area contributed by atoms with Gasteiger partial charge in [-0.2, -0.15) is 0 Å². The van der Waals surface area contributed by atoms with Gasteiger partial charge in [0, 0.05) is 19.6 Å². The van der Waals surface area contributed by atoms with E-state index in [-0.39, 0.29) is 6.17 Å². The molecule has 0 aromatic heterocycles. The minimum absolute atomic E-state index is 0.142. The minimum Gasteiger partial charge on any atom is -0.379 e. The fourth-order valence-corrected chi connectivity index (χ4v) is 1.21. The normalized spacial score (nSPS) is 23.0. The van der Waals surface area contributed by atoms with Crippen LogP contribution in [-0.2, 0) is 4.74 Å². The van der Waals surface area contributed by atoms with Gasteiger partial charge in [0.25, 0.3) is 0 Å². The van der Waals surface area contributed by atoms with Crippen molar-refractivity contribution in [2.75, 3.05) is 46.9 Å². The smallest absolute Gasteiger partial charge is 0.0698 e. The molecule has 0 aliphatic carbocycles. The maximum Gasteiger partial charge on any atom is 0.0698 e. The lowest BCUT2D eigenvalue weighted by molar-refractivity contribution is 0.0276. The lowest BCUT2D eigenvalue weighted by Gasteiger charge is -2.31. The molecular formula is C8H19N3O. The molecule has 1 aliphatic heterocycles. The van der Waals surface area contributed by atoms with Crippen LogP contribution in [0.15, 0.2) is 0 Å². The van der Waals surface area contributed by atoms with E-state index >= 15 is 0 Å². The summed E-state index contributed by atoms with van der Waals surface area (Å²) in [5, 5.41) is 0. The van der Waals surface area contributed by atoms with Crippen molar-refractivity contribution in [1.29, 1.82) is 0 Å². The van der Waals surface area contributed by atoms with Crippen LogP contribution in [-0.4, -0.2) is 62.9 Å². The lowest BCUT2D eigenvalue weighted by Crippen LogP contribution is -2.49. The van der Waals surface area contributed by atoms with Crippen LogP contribution in [0.25, 0.3) is 0 Å². The molecule has 1 saturated heterocycles. The molecule has 0 amide bonds. The molecule has 2 N–H and O–H groups in total. The van der Waals surface area contributed by atoms with Crippen molar-refractivity contribution in [3.05, 3.63) is 0 Å². The fraction of sp³-hybridized carbons (Fsp3) is 1.00. The fourth-order valence-electron chi connectivity index (χ4n) is 1.21. The van der Waals surface area contributed by atoms with Gasteiger partial charge in [0.15, 0.2) is 0 Å². The van der Waals surface area contributed by atoms with Crippen molar-refractivity contribution >= 4 is 0 Å². The highest BCUT2D eigenvalue weighted by atomic mass is 16.5. The van der Waals surface area contributed by atoms with Crippen molar-refractivity contribution in [3.63, 3.8) is 0 Å². The Kier molecular flexibility index (Phi) is 3.94. The van der Waals surface area contributed by atoms with E-state index in [0.717, 1.165) is 32.8 Å². The van der Waals surface area contributed by atoms with Crippen molar-refractivity contribution < 1.29 is 4.74 Å². The summed E-state index contributed by atoms with van der Waals surface area (Å²) in [4.78, 5) is 4.38. The summed E-state index contributed by atoms with van der Waals surface area (Å²) in [6.45, 7) is 4.67. The van der Waals surface area contributed by atoms with Crippen molar-refractivity contribution in [3.8, 4) is 0 Å². The van der Waals surface area contributed by atoms with Crippen LogP contribution >= 0.6 is 0 Å². The summed E-state index contributed by atoms with van der Waals surface area (Å²) in [7, 11) is 4.01. The molecule has 0 bridgehead atoms.